The fourth-order valence-corrected chi connectivity index (χ4v) is 2.00. The van der Waals surface area contributed by atoms with Gasteiger partial charge in [0.1, 0.15) is 0 Å². The van der Waals surface area contributed by atoms with Crippen molar-refractivity contribution < 1.29 is 9.53 Å². The Bertz CT molecular complexity index is 352. The highest BCUT2D eigenvalue weighted by Gasteiger charge is 2.18. The summed E-state index contributed by atoms with van der Waals surface area (Å²) in [5.74, 6) is 1.65. The highest BCUT2D eigenvalue weighted by atomic mass is 32.2. The summed E-state index contributed by atoms with van der Waals surface area (Å²) in [6, 6.07) is 0. The number of esters is 1. The average molecular weight is 243 g/mol. The van der Waals surface area contributed by atoms with Crippen molar-refractivity contribution in [2.45, 2.75) is 26.8 Å². The van der Waals surface area contributed by atoms with E-state index in [0.717, 1.165) is 30.2 Å². The molecule has 0 saturated heterocycles. The molecule has 1 heterocycles. The summed E-state index contributed by atoms with van der Waals surface area (Å²) in [6.07, 6.45) is 0.730. The number of carbonyl (C=O) groups excluding carboxylic acids is 1. The molecule has 0 bridgehead atoms. The Hall–Kier alpha value is -1.04. The number of aromatic nitrogens is 3. The molecule has 0 aliphatic carbocycles. The van der Waals surface area contributed by atoms with Crippen molar-refractivity contribution in [3.63, 3.8) is 0 Å². The van der Waals surface area contributed by atoms with Crippen molar-refractivity contribution in [2.75, 3.05) is 18.6 Å². The van der Waals surface area contributed by atoms with Crippen LogP contribution >= 0.6 is 11.8 Å². The largest absolute Gasteiger partial charge is 0.464 e. The van der Waals surface area contributed by atoms with E-state index in [1.165, 1.54) is 7.11 Å². The minimum Gasteiger partial charge on any atom is -0.464 e. The normalized spacial score (nSPS) is 10.4. The summed E-state index contributed by atoms with van der Waals surface area (Å²) in [4.78, 5) is 11.4. The molecule has 16 heavy (non-hydrogen) atoms. The fraction of sp³-hybridized carbons (Fsp3) is 0.700. The van der Waals surface area contributed by atoms with Gasteiger partial charge in [-0.2, -0.15) is 11.8 Å². The molecule has 0 atom stereocenters. The van der Waals surface area contributed by atoms with Crippen LogP contribution in [0.15, 0.2) is 0 Å². The number of hydrogen-bond acceptors (Lipinski definition) is 5. The number of aryl methyl sites for hydroxylation is 1. The van der Waals surface area contributed by atoms with Crippen molar-refractivity contribution in [1.82, 2.24) is 15.0 Å². The second kappa shape index (κ2) is 6.52. The lowest BCUT2D eigenvalue weighted by molar-refractivity contribution is 0.0592. The molecule has 0 fully saturated rings. The van der Waals surface area contributed by atoms with E-state index in [0.29, 0.717) is 5.69 Å². The minimum atomic E-state index is -0.411. The molecule has 1 rings (SSSR count). The van der Waals surface area contributed by atoms with Crippen LogP contribution in [0.5, 0.6) is 0 Å². The maximum atomic E-state index is 11.4. The Morgan fingerprint density at radius 1 is 1.50 bits per heavy atom. The van der Waals surface area contributed by atoms with Gasteiger partial charge in [-0.1, -0.05) is 19.1 Å². The molecule has 0 radical (unpaired) electrons. The summed E-state index contributed by atoms with van der Waals surface area (Å²) in [7, 11) is 1.35. The van der Waals surface area contributed by atoms with Gasteiger partial charge < -0.3 is 4.74 Å². The Labute approximate surface area is 99.5 Å². The maximum Gasteiger partial charge on any atom is 0.360 e. The number of ether oxygens (including phenoxy) is 1. The molecule has 0 saturated carbocycles. The van der Waals surface area contributed by atoms with Crippen molar-refractivity contribution in [1.29, 1.82) is 0 Å². The predicted molar refractivity (Wildman–Crippen MR) is 63.7 cm³/mol. The lowest BCUT2D eigenvalue weighted by Crippen LogP contribution is -2.10. The smallest absolute Gasteiger partial charge is 0.360 e. The first-order chi connectivity index (χ1) is 7.74. The van der Waals surface area contributed by atoms with Crippen molar-refractivity contribution in [3.8, 4) is 0 Å². The van der Waals surface area contributed by atoms with E-state index >= 15 is 0 Å². The SMILES string of the molecule is CCSCCn1nnc(C(=O)OC)c1CC. The second-order valence-electron chi connectivity index (χ2n) is 3.15. The highest BCUT2D eigenvalue weighted by Crippen LogP contribution is 2.09. The van der Waals surface area contributed by atoms with E-state index in [-0.39, 0.29) is 0 Å². The third-order valence-corrected chi connectivity index (χ3v) is 3.08. The molecule has 0 N–H and O–H groups in total. The number of thioether (sulfide) groups is 1. The zero-order chi connectivity index (χ0) is 12.0. The predicted octanol–water partition coefficient (Wildman–Crippen LogP) is 1.38. The first-order valence-electron chi connectivity index (χ1n) is 5.33. The van der Waals surface area contributed by atoms with Gasteiger partial charge in [-0.25, -0.2) is 9.48 Å². The zero-order valence-corrected chi connectivity index (χ0v) is 10.7. The molecule has 1 aromatic rings. The summed E-state index contributed by atoms with van der Waals surface area (Å²) in [5.41, 5.74) is 1.19. The van der Waals surface area contributed by atoms with E-state index in [2.05, 4.69) is 22.0 Å². The Morgan fingerprint density at radius 3 is 2.81 bits per heavy atom. The van der Waals surface area contributed by atoms with Crippen molar-refractivity contribution >= 4 is 17.7 Å². The molecule has 0 aliphatic rings. The van der Waals surface area contributed by atoms with E-state index in [1.807, 2.05) is 18.7 Å². The topological polar surface area (TPSA) is 57.0 Å². The monoisotopic (exact) mass is 243 g/mol. The highest BCUT2D eigenvalue weighted by molar-refractivity contribution is 7.99. The Kier molecular flexibility index (Phi) is 5.31. The molecule has 5 nitrogen and oxygen atoms in total. The first-order valence-corrected chi connectivity index (χ1v) is 6.48. The Morgan fingerprint density at radius 2 is 2.25 bits per heavy atom. The molecule has 6 heteroatoms. The van der Waals surface area contributed by atoms with Gasteiger partial charge in [0.25, 0.3) is 0 Å². The van der Waals surface area contributed by atoms with Crippen molar-refractivity contribution in [2.24, 2.45) is 0 Å². The summed E-state index contributed by atoms with van der Waals surface area (Å²) in [6.45, 7) is 4.88. The third-order valence-electron chi connectivity index (χ3n) is 2.20. The van der Waals surface area contributed by atoms with Crippen LogP contribution in [0.2, 0.25) is 0 Å². The molecule has 0 amide bonds. The van der Waals surface area contributed by atoms with Crippen LogP contribution in [0.4, 0.5) is 0 Å². The molecular weight excluding hydrogens is 226 g/mol. The lowest BCUT2D eigenvalue weighted by Gasteiger charge is -2.04. The van der Waals surface area contributed by atoms with Gasteiger partial charge >= 0.3 is 5.97 Å². The quantitative estimate of drug-likeness (QED) is 0.558. The van der Waals surface area contributed by atoms with Crippen LogP contribution in [-0.4, -0.2) is 39.6 Å². The van der Waals surface area contributed by atoms with E-state index in [1.54, 1.807) is 4.68 Å². The van der Waals surface area contributed by atoms with Gasteiger partial charge in [-0.3, -0.25) is 0 Å². The molecule has 0 aromatic carbocycles. The van der Waals surface area contributed by atoms with Crippen LogP contribution in [0.3, 0.4) is 0 Å². The van der Waals surface area contributed by atoms with Crippen LogP contribution in [0.25, 0.3) is 0 Å². The maximum absolute atomic E-state index is 11.4. The molecule has 0 aliphatic heterocycles. The van der Waals surface area contributed by atoms with Gasteiger partial charge in [0, 0.05) is 5.75 Å². The molecule has 1 aromatic heterocycles. The summed E-state index contributed by atoms with van der Waals surface area (Å²) >= 11 is 1.84. The van der Waals surface area contributed by atoms with Crippen molar-refractivity contribution in [3.05, 3.63) is 11.4 Å². The third kappa shape index (κ3) is 2.98. The Balaban J connectivity index is 2.78. The summed E-state index contributed by atoms with van der Waals surface area (Å²) in [5, 5.41) is 7.85. The zero-order valence-electron chi connectivity index (χ0n) is 9.89. The van der Waals surface area contributed by atoms with E-state index < -0.39 is 5.97 Å². The minimum absolute atomic E-state index is 0.339. The van der Waals surface area contributed by atoms with E-state index in [9.17, 15) is 4.79 Å². The number of hydrogen-bond donors (Lipinski definition) is 0. The fourth-order valence-electron chi connectivity index (χ4n) is 1.41. The van der Waals surface area contributed by atoms with E-state index in [4.69, 9.17) is 0 Å². The van der Waals surface area contributed by atoms with Gasteiger partial charge in [-0.15, -0.1) is 5.10 Å². The summed E-state index contributed by atoms with van der Waals surface area (Å²) < 4.78 is 6.44. The first kappa shape index (κ1) is 13.0. The number of nitrogens with zero attached hydrogens (tertiary/aromatic N) is 3. The van der Waals surface area contributed by atoms with Crippen LogP contribution in [0, 0.1) is 0 Å². The van der Waals surface area contributed by atoms with Gasteiger partial charge in [-0.05, 0) is 12.2 Å². The molecule has 0 spiro atoms. The van der Waals surface area contributed by atoms with Crippen LogP contribution < -0.4 is 0 Å². The van der Waals surface area contributed by atoms with Gasteiger partial charge in [0.05, 0.1) is 19.3 Å². The van der Waals surface area contributed by atoms with Gasteiger partial charge in [0.15, 0.2) is 5.69 Å². The van der Waals surface area contributed by atoms with Gasteiger partial charge in [0.2, 0.25) is 0 Å². The number of rotatable bonds is 6. The van der Waals surface area contributed by atoms with Crippen LogP contribution in [-0.2, 0) is 17.7 Å². The number of methoxy groups -OCH3 is 1. The number of carbonyl (C=O) groups is 1. The molecule has 0 unspecified atom stereocenters. The average Bonchev–Trinajstić information content (AvgIpc) is 2.71. The standard InChI is InChI=1S/C10H17N3O2S/c1-4-8-9(10(14)15-3)11-12-13(8)6-7-16-5-2/h4-7H2,1-3H3. The lowest BCUT2D eigenvalue weighted by atomic mass is 10.2. The van der Waals surface area contributed by atoms with Crippen LogP contribution in [0.1, 0.15) is 30.0 Å². The molecular formula is C10H17N3O2S. The second-order valence-corrected chi connectivity index (χ2v) is 4.54. The molecule has 90 valence electrons.